The van der Waals surface area contributed by atoms with Gasteiger partial charge >= 0.3 is 0 Å². The van der Waals surface area contributed by atoms with Crippen LogP contribution in [-0.2, 0) is 5.41 Å². The second-order valence-electron chi connectivity index (χ2n) is 4.67. The number of thiazole rings is 1. The van der Waals surface area contributed by atoms with Crippen LogP contribution in [0.25, 0.3) is 10.6 Å². The van der Waals surface area contributed by atoms with Crippen molar-refractivity contribution in [1.82, 2.24) is 4.98 Å². The Morgan fingerprint density at radius 2 is 1.93 bits per heavy atom. The molecule has 0 saturated carbocycles. The summed E-state index contributed by atoms with van der Waals surface area (Å²) >= 11 is 3.56. The molecule has 2 aromatic rings. The maximum Gasteiger partial charge on any atom is 0.0914 e. The first-order valence-electron chi connectivity index (χ1n) is 4.99. The number of hydrogen-bond acceptors (Lipinski definition) is 3. The van der Waals surface area contributed by atoms with Crippen LogP contribution in [0.4, 0.5) is 0 Å². The highest BCUT2D eigenvalue weighted by molar-refractivity contribution is 7.16. The molecule has 0 aliphatic rings. The van der Waals surface area contributed by atoms with Gasteiger partial charge in [-0.15, -0.1) is 22.7 Å². The van der Waals surface area contributed by atoms with E-state index in [1.165, 1.54) is 9.75 Å². The summed E-state index contributed by atoms with van der Waals surface area (Å²) in [6, 6.07) is 4.40. The summed E-state index contributed by atoms with van der Waals surface area (Å²) in [6.07, 6.45) is 0. The van der Waals surface area contributed by atoms with Crippen LogP contribution in [0.15, 0.2) is 17.5 Å². The summed E-state index contributed by atoms with van der Waals surface area (Å²) in [5.41, 5.74) is 1.37. The fourth-order valence-electron chi connectivity index (χ4n) is 1.36. The lowest BCUT2D eigenvalue weighted by atomic mass is 9.95. The van der Waals surface area contributed by atoms with Gasteiger partial charge in [0.25, 0.3) is 0 Å². The van der Waals surface area contributed by atoms with Crippen molar-refractivity contribution in [1.29, 1.82) is 0 Å². The minimum absolute atomic E-state index is 0.244. The van der Waals surface area contributed by atoms with Gasteiger partial charge in [0.15, 0.2) is 0 Å². The Morgan fingerprint density at radius 3 is 2.40 bits per heavy atom. The first-order valence-corrected chi connectivity index (χ1v) is 6.69. The molecule has 1 nitrogen and oxygen atoms in total. The van der Waals surface area contributed by atoms with Crippen LogP contribution < -0.4 is 0 Å². The van der Waals surface area contributed by atoms with E-state index in [0.717, 1.165) is 10.7 Å². The Morgan fingerprint density at radius 1 is 1.20 bits per heavy atom. The maximum atomic E-state index is 4.51. The smallest absolute Gasteiger partial charge is 0.0914 e. The number of aryl methyl sites for hydroxylation is 1. The molecule has 0 aliphatic heterocycles. The summed E-state index contributed by atoms with van der Waals surface area (Å²) in [5.74, 6) is 0. The number of hydrogen-bond donors (Lipinski definition) is 0. The molecular formula is C12H15NS2. The second-order valence-corrected chi connectivity index (χ2v) is 6.81. The van der Waals surface area contributed by atoms with Gasteiger partial charge in [-0.2, -0.15) is 0 Å². The van der Waals surface area contributed by atoms with Crippen molar-refractivity contribution in [2.45, 2.75) is 33.1 Å². The van der Waals surface area contributed by atoms with E-state index >= 15 is 0 Å². The SMILES string of the molecule is Cc1nc(-c2ccc(C(C)(C)C)s2)cs1. The molecule has 0 spiro atoms. The fraction of sp³-hybridized carbons (Fsp3) is 0.417. The largest absolute Gasteiger partial charge is 0.241 e. The second kappa shape index (κ2) is 3.72. The number of rotatable bonds is 1. The van der Waals surface area contributed by atoms with Crippen LogP contribution in [0.5, 0.6) is 0 Å². The van der Waals surface area contributed by atoms with Gasteiger partial charge in [-0.1, -0.05) is 20.8 Å². The number of thiophene rings is 1. The van der Waals surface area contributed by atoms with Crippen molar-refractivity contribution in [2.24, 2.45) is 0 Å². The van der Waals surface area contributed by atoms with Gasteiger partial charge in [-0.25, -0.2) is 4.98 Å². The lowest BCUT2D eigenvalue weighted by Crippen LogP contribution is -2.07. The third-order valence-corrected chi connectivity index (χ3v) is 4.52. The third-order valence-electron chi connectivity index (χ3n) is 2.22. The molecule has 0 fully saturated rings. The summed E-state index contributed by atoms with van der Waals surface area (Å²) in [7, 11) is 0. The zero-order chi connectivity index (χ0) is 11.1. The highest BCUT2D eigenvalue weighted by atomic mass is 32.1. The Bertz CT molecular complexity index is 460. The summed E-state index contributed by atoms with van der Waals surface area (Å²) in [6.45, 7) is 8.78. The first-order chi connectivity index (χ1) is 6.97. The van der Waals surface area contributed by atoms with Gasteiger partial charge in [0, 0.05) is 10.3 Å². The molecule has 0 aliphatic carbocycles. The van der Waals surface area contributed by atoms with E-state index in [4.69, 9.17) is 0 Å². The van der Waals surface area contributed by atoms with E-state index in [9.17, 15) is 0 Å². The van der Waals surface area contributed by atoms with Crippen LogP contribution in [-0.4, -0.2) is 4.98 Å². The summed E-state index contributed by atoms with van der Waals surface area (Å²) < 4.78 is 0. The monoisotopic (exact) mass is 237 g/mol. The van der Waals surface area contributed by atoms with Crippen LogP contribution >= 0.6 is 22.7 Å². The van der Waals surface area contributed by atoms with Gasteiger partial charge in [-0.05, 0) is 24.5 Å². The average Bonchev–Trinajstić information content (AvgIpc) is 2.69. The predicted octanol–water partition coefficient (Wildman–Crippen LogP) is 4.48. The molecule has 3 heteroatoms. The molecule has 0 N–H and O–H groups in total. The molecule has 2 aromatic heterocycles. The minimum atomic E-state index is 0.244. The Labute approximate surface area is 98.8 Å². The van der Waals surface area contributed by atoms with E-state index in [-0.39, 0.29) is 5.41 Å². The first kappa shape index (κ1) is 10.8. The molecular weight excluding hydrogens is 222 g/mol. The van der Waals surface area contributed by atoms with Crippen molar-refractivity contribution in [3.05, 3.63) is 27.4 Å². The van der Waals surface area contributed by atoms with Crippen molar-refractivity contribution in [2.75, 3.05) is 0 Å². The predicted molar refractivity (Wildman–Crippen MR) is 68.9 cm³/mol. The normalized spacial score (nSPS) is 12.0. The van der Waals surface area contributed by atoms with Crippen LogP contribution in [0.1, 0.15) is 30.7 Å². The van der Waals surface area contributed by atoms with Gasteiger partial charge in [0.2, 0.25) is 0 Å². The van der Waals surface area contributed by atoms with Crippen LogP contribution in [0.3, 0.4) is 0 Å². The summed E-state index contributed by atoms with van der Waals surface area (Å²) in [5, 5.41) is 3.27. The zero-order valence-corrected chi connectivity index (χ0v) is 11.1. The molecule has 0 atom stereocenters. The lowest BCUT2D eigenvalue weighted by molar-refractivity contribution is 0.604. The molecule has 80 valence electrons. The molecule has 15 heavy (non-hydrogen) atoms. The van der Waals surface area contributed by atoms with E-state index in [1.807, 2.05) is 18.3 Å². The van der Waals surface area contributed by atoms with E-state index in [2.05, 4.69) is 43.3 Å². The van der Waals surface area contributed by atoms with Crippen molar-refractivity contribution < 1.29 is 0 Å². The minimum Gasteiger partial charge on any atom is -0.241 e. The highest BCUT2D eigenvalue weighted by Gasteiger charge is 2.17. The molecule has 0 unspecified atom stereocenters. The van der Waals surface area contributed by atoms with Gasteiger partial charge in [0.05, 0.1) is 15.6 Å². The van der Waals surface area contributed by atoms with E-state index in [0.29, 0.717) is 0 Å². The van der Waals surface area contributed by atoms with Crippen LogP contribution in [0.2, 0.25) is 0 Å². The fourth-order valence-corrected chi connectivity index (χ4v) is 3.07. The molecule has 0 aromatic carbocycles. The number of aromatic nitrogens is 1. The zero-order valence-electron chi connectivity index (χ0n) is 9.50. The highest BCUT2D eigenvalue weighted by Crippen LogP contribution is 2.35. The Kier molecular flexibility index (Phi) is 2.69. The lowest BCUT2D eigenvalue weighted by Gasteiger charge is -2.15. The Balaban J connectivity index is 2.36. The summed E-state index contributed by atoms with van der Waals surface area (Å²) in [4.78, 5) is 7.21. The maximum absolute atomic E-state index is 4.51. The van der Waals surface area contributed by atoms with Crippen molar-refractivity contribution in [3.63, 3.8) is 0 Å². The molecule has 0 amide bonds. The topological polar surface area (TPSA) is 12.9 Å². The van der Waals surface area contributed by atoms with Crippen molar-refractivity contribution >= 4 is 22.7 Å². The quantitative estimate of drug-likeness (QED) is 0.712. The average molecular weight is 237 g/mol. The van der Waals surface area contributed by atoms with Gasteiger partial charge in [0.1, 0.15) is 0 Å². The molecule has 0 radical (unpaired) electrons. The third kappa shape index (κ3) is 2.29. The molecule has 2 rings (SSSR count). The number of nitrogens with zero attached hydrogens (tertiary/aromatic N) is 1. The van der Waals surface area contributed by atoms with Crippen molar-refractivity contribution in [3.8, 4) is 10.6 Å². The van der Waals surface area contributed by atoms with Gasteiger partial charge < -0.3 is 0 Å². The van der Waals surface area contributed by atoms with E-state index in [1.54, 1.807) is 11.3 Å². The molecule has 0 bridgehead atoms. The standard InChI is InChI=1S/C12H15NS2/c1-8-13-9(7-14-8)10-5-6-11(15-10)12(2,3)4/h5-7H,1-4H3. The molecule has 2 heterocycles. The van der Waals surface area contributed by atoms with Gasteiger partial charge in [-0.3, -0.25) is 0 Å². The Hall–Kier alpha value is -0.670. The molecule has 0 saturated heterocycles. The van der Waals surface area contributed by atoms with E-state index < -0.39 is 0 Å². The van der Waals surface area contributed by atoms with Crippen LogP contribution in [0, 0.1) is 6.92 Å².